The number of ether oxygens (including phenoxy) is 2. The fraction of sp³-hybridized carbons (Fsp3) is 0.370. The van der Waals surface area contributed by atoms with Gasteiger partial charge in [-0.25, -0.2) is 19.0 Å². The maximum atomic E-state index is 14.0. The number of nitrogens with one attached hydrogen (secondary N) is 4. The van der Waals surface area contributed by atoms with Crippen molar-refractivity contribution >= 4 is 46.7 Å². The van der Waals surface area contributed by atoms with Crippen LogP contribution in [-0.4, -0.2) is 71.5 Å². The maximum Gasteiger partial charge on any atom is 0.410 e. The van der Waals surface area contributed by atoms with Crippen molar-refractivity contribution in [3.8, 4) is 0 Å². The van der Waals surface area contributed by atoms with Gasteiger partial charge in [0.15, 0.2) is 10.8 Å². The second-order valence-corrected chi connectivity index (χ2v) is 11.7. The number of carbonyl (C=O) groups excluding carboxylic acids is 2. The third kappa shape index (κ3) is 8.47. The molecular weight excluding hydrogens is 611 g/mol. The van der Waals surface area contributed by atoms with Gasteiger partial charge >= 0.3 is 18.7 Å². The number of benzene rings is 1. The van der Waals surface area contributed by atoms with Crippen LogP contribution in [0.2, 0.25) is 5.02 Å². The predicted octanol–water partition coefficient (Wildman–Crippen LogP) is 4.97. The summed E-state index contributed by atoms with van der Waals surface area (Å²) in [5.41, 5.74) is -0.0741. The molecule has 2 aliphatic rings. The van der Waals surface area contributed by atoms with E-state index in [9.17, 15) is 22.8 Å². The highest BCUT2D eigenvalue weighted by Gasteiger charge is 2.36. The number of allylic oxidation sites excluding steroid dienone is 1. The zero-order valence-corrected chi connectivity index (χ0v) is 24.9. The number of halogens is 4. The zero-order valence-electron chi connectivity index (χ0n) is 23.3. The van der Waals surface area contributed by atoms with Gasteiger partial charge in [0.25, 0.3) is 0 Å². The number of hydrogen-bond donors (Lipinski definition) is 4. The second kappa shape index (κ2) is 13.5. The Bertz CT molecular complexity index is 1460. The number of thiazole rings is 1. The van der Waals surface area contributed by atoms with Gasteiger partial charge in [-0.15, -0.1) is 11.3 Å². The summed E-state index contributed by atoms with van der Waals surface area (Å²) in [5.74, 6) is -0.281. The SMILES string of the molecule is CC(C)(C)OC(=O)NC[C@H]1CN(CC2=C(C(=N)/C=C\NC(F)F)[C@H](c3ccc(F)cc3Cl)N=C(c3nccs3)N2)C(=O)O1. The van der Waals surface area contributed by atoms with Crippen molar-refractivity contribution in [2.75, 3.05) is 19.6 Å². The molecule has 4 N–H and O–H groups in total. The Morgan fingerprint density at radius 1 is 1.40 bits per heavy atom. The summed E-state index contributed by atoms with van der Waals surface area (Å²) >= 11 is 7.70. The van der Waals surface area contributed by atoms with Gasteiger partial charge in [-0.05, 0) is 39.0 Å². The van der Waals surface area contributed by atoms with E-state index in [0.29, 0.717) is 22.1 Å². The van der Waals surface area contributed by atoms with E-state index in [1.165, 1.54) is 28.4 Å². The van der Waals surface area contributed by atoms with E-state index >= 15 is 0 Å². The second-order valence-electron chi connectivity index (χ2n) is 10.4. The summed E-state index contributed by atoms with van der Waals surface area (Å²) in [4.78, 5) is 35.3. The summed E-state index contributed by atoms with van der Waals surface area (Å²) in [6.07, 6.45) is 1.57. The number of hydrogen-bond acceptors (Lipinski definition) is 10. The lowest BCUT2D eigenvalue weighted by molar-refractivity contribution is 0.0496. The highest BCUT2D eigenvalue weighted by atomic mass is 35.5. The summed E-state index contributed by atoms with van der Waals surface area (Å²) in [5, 5.41) is 18.5. The normalized spacial score (nSPS) is 18.9. The van der Waals surface area contributed by atoms with Crippen LogP contribution >= 0.6 is 22.9 Å². The molecule has 2 atom stereocenters. The quantitative estimate of drug-likeness (QED) is 0.212. The fourth-order valence-electron chi connectivity index (χ4n) is 4.24. The van der Waals surface area contributed by atoms with Gasteiger partial charge in [0.2, 0.25) is 0 Å². The molecule has 2 amide bonds. The topological polar surface area (TPSA) is 141 Å². The molecule has 3 heterocycles. The van der Waals surface area contributed by atoms with E-state index in [1.807, 2.05) is 5.32 Å². The molecule has 0 bridgehead atoms. The molecule has 2 aliphatic heterocycles. The highest BCUT2D eigenvalue weighted by Crippen LogP contribution is 2.37. The summed E-state index contributed by atoms with van der Waals surface area (Å²) in [7, 11) is 0. The number of nitrogens with zero attached hydrogens (tertiary/aromatic N) is 3. The molecule has 11 nitrogen and oxygen atoms in total. The molecular formula is C27H29ClF3N7O4S. The first-order valence-electron chi connectivity index (χ1n) is 13.0. The Labute approximate surface area is 254 Å². The summed E-state index contributed by atoms with van der Waals surface area (Å²) in [6.45, 7) is 2.26. The monoisotopic (exact) mass is 639 g/mol. The molecule has 1 saturated heterocycles. The number of amidine groups is 1. The molecule has 43 heavy (non-hydrogen) atoms. The van der Waals surface area contributed by atoms with Crippen LogP contribution in [0.5, 0.6) is 0 Å². The van der Waals surface area contributed by atoms with Gasteiger partial charge in [-0.3, -0.25) is 9.89 Å². The Balaban J connectivity index is 1.67. The Kier molecular flexibility index (Phi) is 9.96. The number of rotatable bonds is 10. The lowest BCUT2D eigenvalue weighted by Crippen LogP contribution is -2.40. The molecule has 0 saturated carbocycles. The fourth-order valence-corrected chi connectivity index (χ4v) is 5.10. The van der Waals surface area contributed by atoms with E-state index in [1.54, 1.807) is 32.3 Å². The van der Waals surface area contributed by atoms with Gasteiger partial charge in [0.05, 0.1) is 25.3 Å². The van der Waals surface area contributed by atoms with Crippen molar-refractivity contribution in [2.24, 2.45) is 4.99 Å². The van der Waals surface area contributed by atoms with Crippen molar-refractivity contribution < 1.29 is 32.2 Å². The van der Waals surface area contributed by atoms with Crippen molar-refractivity contribution in [1.29, 1.82) is 5.41 Å². The van der Waals surface area contributed by atoms with Crippen LogP contribution in [0, 0.1) is 11.2 Å². The van der Waals surface area contributed by atoms with E-state index in [4.69, 9.17) is 31.5 Å². The largest absolute Gasteiger partial charge is 0.444 e. The van der Waals surface area contributed by atoms with E-state index in [-0.39, 0.29) is 35.9 Å². The van der Waals surface area contributed by atoms with Crippen LogP contribution in [0.3, 0.4) is 0 Å². The van der Waals surface area contributed by atoms with Gasteiger partial charge < -0.3 is 30.8 Å². The van der Waals surface area contributed by atoms with Crippen molar-refractivity contribution in [1.82, 2.24) is 25.8 Å². The van der Waals surface area contributed by atoms with Gasteiger partial charge in [0, 0.05) is 39.6 Å². The number of amides is 2. The first-order chi connectivity index (χ1) is 20.3. The van der Waals surface area contributed by atoms with Crippen molar-refractivity contribution in [2.45, 2.75) is 45.1 Å². The van der Waals surface area contributed by atoms with Gasteiger partial charge in [-0.1, -0.05) is 17.7 Å². The Morgan fingerprint density at radius 2 is 2.16 bits per heavy atom. The minimum atomic E-state index is -2.86. The number of aliphatic imine (C=N–C) groups is 1. The molecule has 4 rings (SSSR count). The van der Waals surface area contributed by atoms with Crippen LogP contribution in [-0.2, 0) is 9.47 Å². The standard InChI is InChI=1S/C27H29ClF3N7O4S/c1-27(2,3)42-25(39)35-11-15-12-38(26(40)41-15)13-19-20(18(32)6-7-34-24(30)31)21(16-5-4-14(29)10-17(16)28)37-22(36-19)23-33-8-9-43-23/h4-10,15,21,24,32,34H,11-13H2,1-3H3,(H,35,39)(H,36,37)/b7-6-,32-18?/t15-,21-/m0/s1. The lowest BCUT2D eigenvalue weighted by atomic mass is 9.91. The number of alkyl halides is 2. The maximum absolute atomic E-state index is 14.0. The average molecular weight is 640 g/mol. The molecule has 230 valence electrons. The van der Waals surface area contributed by atoms with Crippen LogP contribution in [0.15, 0.2) is 58.3 Å². The van der Waals surface area contributed by atoms with Crippen LogP contribution < -0.4 is 16.0 Å². The average Bonchev–Trinajstić information content (AvgIpc) is 3.56. The third-order valence-electron chi connectivity index (χ3n) is 5.95. The summed E-state index contributed by atoms with van der Waals surface area (Å²) < 4.78 is 50.1. The first kappa shape index (κ1) is 31.8. The van der Waals surface area contributed by atoms with E-state index < -0.39 is 42.3 Å². The number of cyclic esters (lactones) is 1. The van der Waals surface area contributed by atoms with Crippen molar-refractivity contribution in [3.05, 3.63) is 74.7 Å². The van der Waals surface area contributed by atoms with Crippen LogP contribution in [0.1, 0.15) is 37.4 Å². The molecule has 0 radical (unpaired) electrons. The number of carbonyl (C=O) groups is 2. The first-order valence-corrected chi connectivity index (χ1v) is 14.2. The van der Waals surface area contributed by atoms with E-state index in [2.05, 4.69) is 15.6 Å². The van der Waals surface area contributed by atoms with Crippen LogP contribution in [0.25, 0.3) is 0 Å². The van der Waals surface area contributed by atoms with Gasteiger partial charge in [-0.2, -0.15) is 8.78 Å². The molecule has 1 aromatic heterocycles. The minimum absolute atomic E-state index is 0.00597. The molecule has 1 aromatic carbocycles. The van der Waals surface area contributed by atoms with Crippen LogP contribution in [0.4, 0.5) is 22.8 Å². The predicted molar refractivity (Wildman–Crippen MR) is 155 cm³/mol. The molecule has 2 aromatic rings. The molecule has 0 spiro atoms. The molecule has 0 aliphatic carbocycles. The molecule has 16 heteroatoms. The lowest BCUT2D eigenvalue weighted by Gasteiger charge is -2.30. The van der Waals surface area contributed by atoms with E-state index in [0.717, 1.165) is 18.3 Å². The smallest absolute Gasteiger partial charge is 0.410 e. The Morgan fingerprint density at radius 3 is 2.81 bits per heavy atom. The van der Waals surface area contributed by atoms with Gasteiger partial charge in [0.1, 0.15) is 23.6 Å². The summed E-state index contributed by atoms with van der Waals surface area (Å²) in [6, 6.07) is 2.73. The minimum Gasteiger partial charge on any atom is -0.444 e. The van der Waals surface area contributed by atoms with Crippen molar-refractivity contribution in [3.63, 3.8) is 0 Å². The number of aromatic nitrogens is 1. The number of alkyl carbamates (subject to hydrolysis) is 1. The Hall–Kier alpha value is -4.11. The molecule has 1 fully saturated rings. The third-order valence-corrected chi connectivity index (χ3v) is 7.06. The zero-order chi connectivity index (χ0) is 31.3. The molecule has 0 unspecified atom stereocenters. The highest BCUT2D eigenvalue weighted by molar-refractivity contribution is 7.11.